The van der Waals surface area contributed by atoms with Gasteiger partial charge in [0.2, 0.25) is 0 Å². The Kier molecular flexibility index (Phi) is 5.27. The summed E-state index contributed by atoms with van der Waals surface area (Å²) in [5, 5.41) is 5.99. The molecule has 1 unspecified atom stereocenters. The van der Waals surface area contributed by atoms with Crippen molar-refractivity contribution in [1.82, 2.24) is 10.6 Å². The minimum atomic E-state index is -4.49. The number of amides is 1. The number of alkyl halides is 3. The van der Waals surface area contributed by atoms with Crippen LogP contribution in [0.1, 0.15) is 28.8 Å². The van der Waals surface area contributed by atoms with Crippen LogP contribution in [-0.4, -0.2) is 25.0 Å². The highest BCUT2D eigenvalue weighted by atomic mass is 19.4. The standard InChI is InChI=1S/C19H18F4N2O/c20-14-6-7-16(12-3-1-4-13(9-12)19(21,22)23)17(10-14)18(26)25-15-5-2-8-24-11-15/h1,3-4,6-7,9-10,15,24H,2,5,8,11H2,(H,25,26). The highest BCUT2D eigenvalue weighted by Crippen LogP contribution is 2.33. The summed E-state index contributed by atoms with van der Waals surface area (Å²) >= 11 is 0. The van der Waals surface area contributed by atoms with Gasteiger partial charge in [-0.15, -0.1) is 0 Å². The Morgan fingerprint density at radius 3 is 2.65 bits per heavy atom. The summed E-state index contributed by atoms with van der Waals surface area (Å²) in [6, 6.07) is 8.10. The van der Waals surface area contributed by atoms with Gasteiger partial charge in [-0.05, 0) is 54.8 Å². The monoisotopic (exact) mass is 366 g/mol. The SMILES string of the molecule is O=C(NC1CCCNC1)c1cc(F)ccc1-c1cccc(C(F)(F)F)c1. The van der Waals surface area contributed by atoms with Crippen LogP contribution in [0.5, 0.6) is 0 Å². The predicted molar refractivity (Wildman–Crippen MR) is 90.2 cm³/mol. The first-order valence-corrected chi connectivity index (χ1v) is 8.33. The van der Waals surface area contributed by atoms with Gasteiger partial charge in [-0.1, -0.05) is 18.2 Å². The molecule has 0 saturated carbocycles. The van der Waals surface area contributed by atoms with Crippen LogP contribution in [0.4, 0.5) is 17.6 Å². The third kappa shape index (κ3) is 4.22. The largest absolute Gasteiger partial charge is 0.416 e. The van der Waals surface area contributed by atoms with Crippen LogP contribution in [0, 0.1) is 5.82 Å². The Morgan fingerprint density at radius 2 is 1.96 bits per heavy atom. The van der Waals surface area contributed by atoms with Crippen molar-refractivity contribution in [2.24, 2.45) is 0 Å². The molecule has 7 heteroatoms. The molecule has 3 nitrogen and oxygen atoms in total. The lowest BCUT2D eigenvalue weighted by Crippen LogP contribution is -2.45. The van der Waals surface area contributed by atoms with E-state index in [1.165, 1.54) is 18.2 Å². The number of hydrogen-bond acceptors (Lipinski definition) is 2. The van der Waals surface area contributed by atoms with Gasteiger partial charge >= 0.3 is 6.18 Å². The molecule has 1 heterocycles. The summed E-state index contributed by atoms with van der Waals surface area (Å²) in [7, 11) is 0. The Labute approximate surface area is 148 Å². The number of carbonyl (C=O) groups is 1. The molecule has 2 N–H and O–H groups in total. The van der Waals surface area contributed by atoms with Crippen molar-refractivity contribution in [3.8, 4) is 11.1 Å². The van der Waals surface area contributed by atoms with Crippen molar-refractivity contribution in [1.29, 1.82) is 0 Å². The Bertz CT molecular complexity index is 798. The number of carbonyl (C=O) groups excluding carboxylic acids is 1. The van der Waals surface area contributed by atoms with E-state index in [9.17, 15) is 22.4 Å². The topological polar surface area (TPSA) is 41.1 Å². The van der Waals surface area contributed by atoms with Gasteiger partial charge in [-0.3, -0.25) is 4.79 Å². The molecule has 0 aromatic heterocycles. The van der Waals surface area contributed by atoms with E-state index < -0.39 is 23.5 Å². The molecule has 0 radical (unpaired) electrons. The van der Waals surface area contributed by atoms with Gasteiger partial charge in [0.25, 0.3) is 5.91 Å². The minimum absolute atomic E-state index is 0.0231. The number of piperidine rings is 1. The van der Waals surface area contributed by atoms with Crippen molar-refractivity contribution in [2.75, 3.05) is 13.1 Å². The van der Waals surface area contributed by atoms with Crippen LogP contribution in [-0.2, 0) is 6.18 Å². The van der Waals surface area contributed by atoms with Gasteiger partial charge < -0.3 is 10.6 Å². The van der Waals surface area contributed by atoms with Crippen molar-refractivity contribution < 1.29 is 22.4 Å². The van der Waals surface area contributed by atoms with E-state index in [-0.39, 0.29) is 22.7 Å². The zero-order valence-electron chi connectivity index (χ0n) is 13.9. The van der Waals surface area contributed by atoms with E-state index in [2.05, 4.69) is 10.6 Å². The minimum Gasteiger partial charge on any atom is -0.348 e. The van der Waals surface area contributed by atoms with E-state index >= 15 is 0 Å². The van der Waals surface area contributed by atoms with Crippen molar-refractivity contribution >= 4 is 5.91 Å². The van der Waals surface area contributed by atoms with Crippen LogP contribution in [0.2, 0.25) is 0 Å². The fourth-order valence-corrected chi connectivity index (χ4v) is 3.06. The van der Waals surface area contributed by atoms with Crippen LogP contribution in [0.25, 0.3) is 11.1 Å². The normalized spacial score (nSPS) is 17.8. The van der Waals surface area contributed by atoms with Gasteiger partial charge in [0.15, 0.2) is 0 Å². The maximum atomic E-state index is 13.7. The summed E-state index contributed by atoms with van der Waals surface area (Å²) in [5.74, 6) is -1.11. The Morgan fingerprint density at radius 1 is 1.15 bits per heavy atom. The van der Waals surface area contributed by atoms with E-state index in [0.29, 0.717) is 6.54 Å². The van der Waals surface area contributed by atoms with E-state index in [1.54, 1.807) is 0 Å². The zero-order chi connectivity index (χ0) is 18.7. The molecule has 138 valence electrons. The average Bonchev–Trinajstić information content (AvgIpc) is 2.62. The summed E-state index contributed by atoms with van der Waals surface area (Å²) in [4.78, 5) is 12.6. The van der Waals surface area contributed by atoms with Gasteiger partial charge in [0.05, 0.1) is 11.1 Å². The fraction of sp³-hybridized carbons (Fsp3) is 0.316. The molecular weight excluding hydrogens is 348 g/mol. The quantitative estimate of drug-likeness (QED) is 0.807. The molecule has 26 heavy (non-hydrogen) atoms. The van der Waals surface area contributed by atoms with Crippen LogP contribution >= 0.6 is 0 Å². The maximum absolute atomic E-state index is 13.7. The van der Waals surface area contributed by atoms with E-state index in [1.807, 2.05) is 0 Å². The molecule has 2 aromatic rings. The maximum Gasteiger partial charge on any atom is 0.416 e. The van der Waals surface area contributed by atoms with Crippen LogP contribution in [0.3, 0.4) is 0 Å². The van der Waals surface area contributed by atoms with Crippen molar-refractivity contribution in [3.05, 3.63) is 59.4 Å². The number of benzene rings is 2. The third-order valence-corrected chi connectivity index (χ3v) is 4.36. The van der Waals surface area contributed by atoms with Crippen LogP contribution in [0.15, 0.2) is 42.5 Å². The molecule has 0 bridgehead atoms. The molecule has 1 atom stereocenters. The molecule has 0 aliphatic carbocycles. The lowest BCUT2D eigenvalue weighted by atomic mass is 9.96. The summed E-state index contributed by atoms with van der Waals surface area (Å²) in [6.45, 7) is 1.49. The molecule has 1 fully saturated rings. The van der Waals surface area contributed by atoms with E-state index in [4.69, 9.17) is 0 Å². The average molecular weight is 366 g/mol. The Balaban J connectivity index is 1.94. The lowest BCUT2D eigenvalue weighted by molar-refractivity contribution is -0.137. The second-order valence-corrected chi connectivity index (χ2v) is 6.29. The number of halogens is 4. The highest BCUT2D eigenvalue weighted by Gasteiger charge is 2.30. The molecular formula is C19H18F4N2O. The number of rotatable bonds is 3. The first kappa shape index (κ1) is 18.4. The van der Waals surface area contributed by atoms with Gasteiger partial charge in [-0.2, -0.15) is 13.2 Å². The molecule has 2 aromatic carbocycles. The molecule has 3 rings (SSSR count). The first-order valence-electron chi connectivity index (χ1n) is 8.33. The van der Waals surface area contributed by atoms with Crippen molar-refractivity contribution in [2.45, 2.75) is 25.1 Å². The zero-order valence-corrected chi connectivity index (χ0v) is 13.9. The van der Waals surface area contributed by atoms with Gasteiger partial charge in [-0.25, -0.2) is 4.39 Å². The molecule has 0 spiro atoms. The Hall–Kier alpha value is -2.41. The summed E-state index contributed by atoms with van der Waals surface area (Å²) < 4.78 is 52.6. The molecule has 1 aliphatic rings. The molecule has 1 amide bonds. The highest BCUT2D eigenvalue weighted by molar-refractivity contribution is 6.01. The smallest absolute Gasteiger partial charge is 0.348 e. The predicted octanol–water partition coefficient (Wildman–Crippen LogP) is 3.99. The van der Waals surface area contributed by atoms with Crippen molar-refractivity contribution in [3.63, 3.8) is 0 Å². The van der Waals surface area contributed by atoms with Crippen LogP contribution < -0.4 is 10.6 Å². The number of hydrogen-bond donors (Lipinski definition) is 2. The van der Waals surface area contributed by atoms with Gasteiger partial charge in [0, 0.05) is 12.6 Å². The molecule has 1 saturated heterocycles. The fourth-order valence-electron chi connectivity index (χ4n) is 3.06. The van der Waals surface area contributed by atoms with E-state index in [0.717, 1.165) is 43.7 Å². The first-order chi connectivity index (χ1) is 12.3. The lowest BCUT2D eigenvalue weighted by Gasteiger charge is -2.24. The third-order valence-electron chi connectivity index (χ3n) is 4.36. The van der Waals surface area contributed by atoms with Gasteiger partial charge in [0.1, 0.15) is 5.82 Å². The molecule has 1 aliphatic heterocycles. The second kappa shape index (κ2) is 7.45. The summed E-state index contributed by atoms with van der Waals surface area (Å²) in [6.07, 6.45) is -2.78. The number of nitrogens with one attached hydrogen (secondary N) is 2. The second-order valence-electron chi connectivity index (χ2n) is 6.29. The summed E-state index contributed by atoms with van der Waals surface area (Å²) in [5.41, 5.74) is -0.317.